The van der Waals surface area contributed by atoms with Crippen LogP contribution in [0.2, 0.25) is 0 Å². The van der Waals surface area contributed by atoms with Gasteiger partial charge in [-0.1, -0.05) is 0 Å². The number of nitrogens with zero attached hydrogens (tertiary/aromatic N) is 1. The van der Waals surface area contributed by atoms with Gasteiger partial charge in [-0.05, 0) is 14.0 Å². The topological polar surface area (TPSA) is 54.0 Å². The van der Waals surface area contributed by atoms with Gasteiger partial charge in [-0.25, -0.2) is 4.98 Å². The first-order valence-electron chi connectivity index (χ1n) is 4.54. The molecule has 0 atom stereocenters. The average molecular weight is 213 g/mol. The molecule has 0 spiro atoms. The third kappa shape index (κ3) is 3.85. The Hall–Kier alpha value is -0.940. The summed E-state index contributed by atoms with van der Waals surface area (Å²) in [6.07, 6.45) is 0.805. The first-order chi connectivity index (χ1) is 6.72. The van der Waals surface area contributed by atoms with E-state index in [2.05, 4.69) is 15.6 Å². The van der Waals surface area contributed by atoms with Crippen LogP contribution in [0, 0.1) is 6.92 Å². The van der Waals surface area contributed by atoms with Gasteiger partial charge in [0.15, 0.2) is 0 Å². The zero-order chi connectivity index (χ0) is 10.4. The maximum absolute atomic E-state index is 11.0. The summed E-state index contributed by atoms with van der Waals surface area (Å²) >= 11 is 1.64. The third-order valence-electron chi connectivity index (χ3n) is 1.71. The fourth-order valence-electron chi connectivity index (χ4n) is 1.08. The van der Waals surface area contributed by atoms with Crippen molar-refractivity contribution in [3.05, 3.63) is 16.1 Å². The van der Waals surface area contributed by atoms with Gasteiger partial charge in [0.2, 0.25) is 5.91 Å². The number of hydrogen-bond acceptors (Lipinski definition) is 4. The number of likely N-dealkylation sites (N-methyl/N-ethyl adjacent to an activating group) is 1. The second-order valence-corrected chi connectivity index (χ2v) is 4.05. The molecule has 0 bridgehead atoms. The number of nitrogens with one attached hydrogen (secondary N) is 2. The zero-order valence-corrected chi connectivity index (χ0v) is 9.28. The Labute approximate surface area is 87.7 Å². The SMILES string of the molecule is CNCC(=O)NCCc1csc(C)n1. The molecule has 78 valence electrons. The Morgan fingerprint density at radius 1 is 1.64 bits per heavy atom. The Bertz CT molecular complexity index is 298. The Morgan fingerprint density at radius 3 is 3.00 bits per heavy atom. The number of aryl methyl sites for hydroxylation is 1. The van der Waals surface area contributed by atoms with Crippen molar-refractivity contribution >= 4 is 17.2 Å². The number of rotatable bonds is 5. The highest BCUT2D eigenvalue weighted by Crippen LogP contribution is 2.07. The molecule has 2 N–H and O–H groups in total. The van der Waals surface area contributed by atoms with Gasteiger partial charge in [-0.3, -0.25) is 4.79 Å². The highest BCUT2D eigenvalue weighted by molar-refractivity contribution is 7.09. The van der Waals surface area contributed by atoms with Crippen molar-refractivity contribution in [2.24, 2.45) is 0 Å². The molecule has 0 saturated carbocycles. The molecule has 4 nitrogen and oxygen atoms in total. The van der Waals surface area contributed by atoms with E-state index in [1.807, 2.05) is 12.3 Å². The Balaban J connectivity index is 2.18. The van der Waals surface area contributed by atoms with Gasteiger partial charge in [0.05, 0.1) is 17.2 Å². The summed E-state index contributed by atoms with van der Waals surface area (Å²) in [5.41, 5.74) is 1.05. The first-order valence-corrected chi connectivity index (χ1v) is 5.42. The quantitative estimate of drug-likeness (QED) is 0.741. The molecule has 1 amide bonds. The standard InChI is InChI=1S/C9H15N3OS/c1-7-12-8(6-14-7)3-4-11-9(13)5-10-2/h6,10H,3-5H2,1-2H3,(H,11,13). The molecular formula is C9H15N3OS. The monoisotopic (exact) mass is 213 g/mol. The fourth-order valence-corrected chi connectivity index (χ4v) is 1.72. The summed E-state index contributed by atoms with van der Waals surface area (Å²) in [5, 5.41) is 8.70. The van der Waals surface area contributed by atoms with Crippen LogP contribution in [0.3, 0.4) is 0 Å². The lowest BCUT2D eigenvalue weighted by Crippen LogP contribution is -2.33. The highest BCUT2D eigenvalue weighted by Gasteiger charge is 2.00. The molecule has 0 aliphatic carbocycles. The Morgan fingerprint density at radius 2 is 2.43 bits per heavy atom. The lowest BCUT2D eigenvalue weighted by Gasteiger charge is -2.02. The second kappa shape index (κ2) is 5.72. The van der Waals surface area contributed by atoms with Crippen LogP contribution in [-0.4, -0.2) is 31.0 Å². The molecule has 0 aliphatic heterocycles. The number of amides is 1. The first kappa shape index (κ1) is 11.1. The van der Waals surface area contributed by atoms with E-state index in [0.717, 1.165) is 17.1 Å². The summed E-state index contributed by atoms with van der Waals surface area (Å²) in [7, 11) is 1.75. The number of hydrogen-bond donors (Lipinski definition) is 2. The van der Waals surface area contributed by atoms with E-state index < -0.39 is 0 Å². The molecule has 1 rings (SSSR count). The van der Waals surface area contributed by atoms with Crippen molar-refractivity contribution in [1.82, 2.24) is 15.6 Å². The van der Waals surface area contributed by atoms with E-state index in [1.165, 1.54) is 0 Å². The second-order valence-electron chi connectivity index (χ2n) is 2.99. The molecule has 1 aromatic heterocycles. The van der Waals surface area contributed by atoms with Gasteiger partial charge >= 0.3 is 0 Å². The van der Waals surface area contributed by atoms with E-state index in [-0.39, 0.29) is 5.91 Å². The molecule has 14 heavy (non-hydrogen) atoms. The van der Waals surface area contributed by atoms with Crippen molar-refractivity contribution in [3.63, 3.8) is 0 Å². The summed E-state index contributed by atoms with van der Waals surface area (Å²) in [5.74, 6) is 0.0273. The van der Waals surface area contributed by atoms with Crippen LogP contribution in [0.1, 0.15) is 10.7 Å². The van der Waals surface area contributed by atoms with Crippen LogP contribution in [0.4, 0.5) is 0 Å². The van der Waals surface area contributed by atoms with Gasteiger partial charge in [-0.2, -0.15) is 0 Å². The molecular weight excluding hydrogens is 198 g/mol. The molecule has 0 aliphatic rings. The summed E-state index contributed by atoms with van der Waals surface area (Å²) in [4.78, 5) is 15.4. The maximum atomic E-state index is 11.0. The maximum Gasteiger partial charge on any atom is 0.233 e. The molecule has 0 aromatic carbocycles. The predicted molar refractivity (Wildman–Crippen MR) is 57.5 cm³/mol. The molecule has 1 heterocycles. The minimum Gasteiger partial charge on any atom is -0.355 e. The van der Waals surface area contributed by atoms with Crippen LogP contribution >= 0.6 is 11.3 Å². The highest BCUT2D eigenvalue weighted by atomic mass is 32.1. The lowest BCUT2D eigenvalue weighted by atomic mass is 10.3. The number of carbonyl (C=O) groups excluding carboxylic acids is 1. The van der Waals surface area contributed by atoms with Crippen LogP contribution in [0.15, 0.2) is 5.38 Å². The van der Waals surface area contributed by atoms with Gasteiger partial charge in [0.1, 0.15) is 0 Å². The summed E-state index contributed by atoms with van der Waals surface area (Å²) < 4.78 is 0. The van der Waals surface area contributed by atoms with Crippen LogP contribution in [0.25, 0.3) is 0 Å². The van der Waals surface area contributed by atoms with Crippen molar-refractivity contribution in [2.75, 3.05) is 20.1 Å². The van der Waals surface area contributed by atoms with Crippen molar-refractivity contribution in [1.29, 1.82) is 0 Å². The smallest absolute Gasteiger partial charge is 0.233 e. The molecule has 0 unspecified atom stereocenters. The van der Waals surface area contributed by atoms with E-state index in [4.69, 9.17) is 0 Å². The van der Waals surface area contributed by atoms with Gasteiger partial charge in [0, 0.05) is 18.3 Å². The number of thiazole rings is 1. The van der Waals surface area contributed by atoms with E-state index in [9.17, 15) is 4.79 Å². The molecule has 0 fully saturated rings. The van der Waals surface area contributed by atoms with Crippen molar-refractivity contribution < 1.29 is 4.79 Å². The van der Waals surface area contributed by atoms with E-state index >= 15 is 0 Å². The molecule has 0 saturated heterocycles. The van der Waals surface area contributed by atoms with Gasteiger partial charge in [-0.15, -0.1) is 11.3 Å². The molecule has 5 heteroatoms. The van der Waals surface area contributed by atoms with Gasteiger partial charge < -0.3 is 10.6 Å². The van der Waals surface area contributed by atoms with Crippen molar-refractivity contribution in [2.45, 2.75) is 13.3 Å². The molecule has 0 radical (unpaired) electrons. The normalized spacial score (nSPS) is 10.1. The lowest BCUT2D eigenvalue weighted by molar-refractivity contribution is -0.120. The number of aromatic nitrogens is 1. The summed E-state index contributed by atoms with van der Waals surface area (Å²) in [6, 6.07) is 0. The van der Waals surface area contributed by atoms with Crippen LogP contribution < -0.4 is 10.6 Å². The van der Waals surface area contributed by atoms with Crippen molar-refractivity contribution in [3.8, 4) is 0 Å². The molecule has 1 aromatic rings. The minimum absolute atomic E-state index is 0.0273. The van der Waals surface area contributed by atoms with Gasteiger partial charge in [0.25, 0.3) is 0 Å². The fraction of sp³-hybridized carbons (Fsp3) is 0.556. The Kier molecular flexibility index (Phi) is 4.55. The predicted octanol–water partition coefficient (Wildman–Crippen LogP) is 0.330. The average Bonchev–Trinajstić information content (AvgIpc) is 2.52. The summed E-state index contributed by atoms with van der Waals surface area (Å²) in [6.45, 7) is 3.01. The van der Waals surface area contributed by atoms with E-state index in [1.54, 1.807) is 18.4 Å². The minimum atomic E-state index is 0.0273. The van der Waals surface area contributed by atoms with Crippen LogP contribution in [-0.2, 0) is 11.2 Å². The van der Waals surface area contributed by atoms with Crippen LogP contribution in [0.5, 0.6) is 0 Å². The van der Waals surface area contributed by atoms with E-state index in [0.29, 0.717) is 13.1 Å². The third-order valence-corrected chi connectivity index (χ3v) is 2.53. The zero-order valence-electron chi connectivity index (χ0n) is 8.46. The largest absolute Gasteiger partial charge is 0.355 e. The number of carbonyl (C=O) groups is 1.